The van der Waals surface area contributed by atoms with Gasteiger partial charge in [-0.05, 0) is 33.2 Å². The highest BCUT2D eigenvalue weighted by Crippen LogP contribution is 2.18. The first-order chi connectivity index (χ1) is 9.52. The first-order valence-electron chi connectivity index (χ1n) is 6.66. The highest BCUT2D eigenvalue weighted by Gasteiger charge is 2.33. The Balaban J connectivity index is 2.05. The van der Waals surface area contributed by atoms with Crippen LogP contribution in [0.5, 0.6) is 0 Å². The molecule has 2 rings (SSSR count). The molecule has 110 valence electrons. The van der Waals surface area contributed by atoms with Gasteiger partial charge in [0.05, 0.1) is 13.2 Å². The predicted octanol–water partition coefficient (Wildman–Crippen LogP) is 0.417. The number of hydrogen-bond donors (Lipinski definition) is 0. The van der Waals surface area contributed by atoms with Crippen LogP contribution in [0.4, 0.5) is 0 Å². The van der Waals surface area contributed by atoms with E-state index in [4.69, 9.17) is 9.26 Å². The molecular weight excluding hydrogens is 264 g/mol. The van der Waals surface area contributed by atoms with Crippen molar-refractivity contribution < 1.29 is 18.8 Å². The molecular formula is C13H18N2O5. The fourth-order valence-electron chi connectivity index (χ4n) is 2.38. The summed E-state index contributed by atoms with van der Waals surface area (Å²) >= 11 is 0. The summed E-state index contributed by atoms with van der Waals surface area (Å²) < 4.78 is 10.8. The van der Waals surface area contributed by atoms with Crippen LogP contribution in [-0.4, -0.2) is 47.3 Å². The highest BCUT2D eigenvalue weighted by atomic mass is 16.5. The van der Waals surface area contributed by atoms with E-state index in [0.717, 1.165) is 11.2 Å². The number of hydrogen-bond acceptors (Lipinski definition) is 6. The lowest BCUT2D eigenvalue weighted by atomic mass is 10.2. The van der Waals surface area contributed by atoms with E-state index in [2.05, 4.69) is 0 Å². The van der Waals surface area contributed by atoms with E-state index >= 15 is 0 Å². The van der Waals surface area contributed by atoms with Crippen LogP contribution in [0, 0.1) is 6.92 Å². The number of carbonyl (C=O) groups excluding carboxylic acids is 2. The molecule has 7 heteroatoms. The molecule has 0 aliphatic carbocycles. The van der Waals surface area contributed by atoms with Gasteiger partial charge in [-0.3, -0.25) is 19.3 Å². The molecule has 0 radical (unpaired) electrons. The lowest BCUT2D eigenvalue weighted by molar-refractivity contribution is -0.148. The maximum Gasteiger partial charge on any atom is 0.323 e. The summed E-state index contributed by atoms with van der Waals surface area (Å²) in [7, 11) is 0. The second-order valence-electron chi connectivity index (χ2n) is 4.75. The van der Waals surface area contributed by atoms with Crippen LogP contribution in [-0.2, 0) is 9.53 Å². The molecule has 1 aliphatic rings. The van der Waals surface area contributed by atoms with Gasteiger partial charge in [0.25, 0.3) is 11.5 Å². The van der Waals surface area contributed by atoms with Crippen LogP contribution in [0.2, 0.25) is 0 Å². The van der Waals surface area contributed by atoms with E-state index in [1.165, 1.54) is 6.07 Å². The Morgan fingerprint density at radius 1 is 1.50 bits per heavy atom. The third-order valence-electron chi connectivity index (χ3n) is 3.25. The van der Waals surface area contributed by atoms with E-state index < -0.39 is 17.5 Å². The lowest BCUT2D eigenvalue weighted by Crippen LogP contribution is -2.42. The summed E-state index contributed by atoms with van der Waals surface area (Å²) in [5.41, 5.74) is -0.487. The van der Waals surface area contributed by atoms with Crippen molar-refractivity contribution in [2.75, 3.05) is 19.7 Å². The van der Waals surface area contributed by atoms with Crippen molar-refractivity contribution in [3.8, 4) is 0 Å². The molecule has 1 fully saturated rings. The Morgan fingerprint density at radius 2 is 2.25 bits per heavy atom. The Hall–Kier alpha value is -1.89. The van der Waals surface area contributed by atoms with Crippen molar-refractivity contribution >= 4 is 11.9 Å². The lowest BCUT2D eigenvalue weighted by Gasteiger charge is -2.21. The zero-order valence-electron chi connectivity index (χ0n) is 11.6. The van der Waals surface area contributed by atoms with Crippen LogP contribution in [0.1, 0.15) is 30.3 Å². The largest absolute Gasteiger partial charge is 0.465 e. The van der Waals surface area contributed by atoms with E-state index in [1.807, 2.05) is 0 Å². The van der Waals surface area contributed by atoms with Crippen molar-refractivity contribution in [2.45, 2.75) is 32.7 Å². The molecule has 1 unspecified atom stereocenters. The van der Waals surface area contributed by atoms with Gasteiger partial charge in [0.1, 0.15) is 11.8 Å². The summed E-state index contributed by atoms with van der Waals surface area (Å²) in [4.78, 5) is 37.1. The molecule has 20 heavy (non-hydrogen) atoms. The normalized spacial score (nSPS) is 19.2. The molecule has 0 N–H and O–H groups in total. The quantitative estimate of drug-likeness (QED) is 0.744. The summed E-state index contributed by atoms with van der Waals surface area (Å²) in [6, 6.07) is 0.843. The van der Waals surface area contributed by atoms with E-state index in [1.54, 1.807) is 18.7 Å². The molecule has 2 heterocycles. The number of esters is 1. The van der Waals surface area contributed by atoms with Gasteiger partial charge >= 0.3 is 5.97 Å². The molecule has 1 atom stereocenters. The molecule has 1 aromatic rings. The van der Waals surface area contributed by atoms with Crippen molar-refractivity contribution in [1.29, 1.82) is 0 Å². The zero-order valence-corrected chi connectivity index (χ0v) is 11.6. The first kappa shape index (κ1) is 14.5. The van der Waals surface area contributed by atoms with Crippen molar-refractivity contribution in [3.63, 3.8) is 0 Å². The minimum Gasteiger partial charge on any atom is -0.465 e. The molecule has 0 amide bonds. The van der Waals surface area contributed by atoms with Crippen LogP contribution in [0.25, 0.3) is 0 Å². The Kier molecular flexibility index (Phi) is 4.39. The number of aryl methyl sites for hydroxylation is 1. The molecule has 0 bridgehead atoms. The molecule has 1 aromatic heterocycles. The summed E-state index contributed by atoms with van der Waals surface area (Å²) in [5.74, 6) is -0.410. The number of rotatable bonds is 4. The molecule has 0 saturated carbocycles. The van der Waals surface area contributed by atoms with Gasteiger partial charge in [0.15, 0.2) is 0 Å². The monoisotopic (exact) mass is 282 g/mol. The van der Waals surface area contributed by atoms with Gasteiger partial charge in [-0.2, -0.15) is 0 Å². The number of likely N-dealkylation sites (tertiary alicyclic amines) is 1. The number of ether oxygens (including phenoxy) is 1. The third kappa shape index (κ3) is 2.98. The van der Waals surface area contributed by atoms with Crippen molar-refractivity contribution in [1.82, 2.24) is 9.64 Å². The van der Waals surface area contributed by atoms with Gasteiger partial charge in [-0.1, -0.05) is 0 Å². The van der Waals surface area contributed by atoms with Crippen molar-refractivity contribution in [3.05, 3.63) is 22.2 Å². The number of carbonyl (C=O) groups is 2. The van der Waals surface area contributed by atoms with Crippen LogP contribution >= 0.6 is 0 Å². The predicted molar refractivity (Wildman–Crippen MR) is 69.6 cm³/mol. The fourth-order valence-corrected chi connectivity index (χ4v) is 2.38. The maximum absolute atomic E-state index is 12.0. The number of aromatic nitrogens is 1. The number of nitrogens with zero attached hydrogens (tertiary/aromatic N) is 2. The van der Waals surface area contributed by atoms with Gasteiger partial charge in [-0.15, -0.1) is 4.74 Å². The molecule has 7 nitrogen and oxygen atoms in total. The second kappa shape index (κ2) is 6.04. The average Bonchev–Trinajstić information content (AvgIpc) is 2.96. The maximum atomic E-state index is 12.0. The molecule has 1 saturated heterocycles. The summed E-state index contributed by atoms with van der Waals surface area (Å²) in [6.07, 6.45) is 1.49. The van der Waals surface area contributed by atoms with E-state index in [-0.39, 0.29) is 12.5 Å². The van der Waals surface area contributed by atoms with Crippen LogP contribution in [0.3, 0.4) is 0 Å². The van der Waals surface area contributed by atoms with Gasteiger partial charge < -0.3 is 9.26 Å². The standard InChI is InChI=1S/C13H18N2O5/c1-3-19-13(18)10-5-4-6-14(10)8-12(17)15-11(16)7-9(2)20-15/h7,10H,3-6,8H2,1-2H3. The van der Waals surface area contributed by atoms with Gasteiger partial charge in [0.2, 0.25) is 0 Å². The van der Waals surface area contributed by atoms with Gasteiger partial charge in [-0.25, -0.2) is 0 Å². The minimum atomic E-state index is -0.487. The van der Waals surface area contributed by atoms with Crippen LogP contribution in [0.15, 0.2) is 15.4 Å². The minimum absolute atomic E-state index is 0.0314. The van der Waals surface area contributed by atoms with Gasteiger partial charge in [0, 0.05) is 6.07 Å². The van der Waals surface area contributed by atoms with E-state index in [0.29, 0.717) is 25.3 Å². The molecule has 0 aromatic carbocycles. The molecule has 1 aliphatic heterocycles. The fraction of sp³-hybridized carbons (Fsp3) is 0.615. The summed E-state index contributed by atoms with van der Waals surface area (Å²) in [5, 5.41) is 0. The smallest absolute Gasteiger partial charge is 0.323 e. The topological polar surface area (TPSA) is 81.8 Å². The van der Waals surface area contributed by atoms with E-state index in [9.17, 15) is 14.4 Å². The first-order valence-corrected chi connectivity index (χ1v) is 6.66. The highest BCUT2D eigenvalue weighted by molar-refractivity contribution is 5.81. The van der Waals surface area contributed by atoms with Crippen molar-refractivity contribution in [2.24, 2.45) is 0 Å². The third-order valence-corrected chi connectivity index (χ3v) is 3.25. The Bertz CT molecular complexity index is 559. The molecule has 0 spiro atoms. The van der Waals surface area contributed by atoms with Crippen LogP contribution < -0.4 is 5.56 Å². The average molecular weight is 282 g/mol. The SMILES string of the molecule is CCOC(=O)C1CCCN1CC(=O)n1oc(C)cc1=O. The Morgan fingerprint density at radius 3 is 2.85 bits per heavy atom. The zero-order chi connectivity index (χ0) is 14.7. The second-order valence-corrected chi connectivity index (χ2v) is 4.75. The summed E-state index contributed by atoms with van der Waals surface area (Å²) in [6.45, 7) is 4.25. The Labute approximate surface area is 116 Å².